The third kappa shape index (κ3) is 1.00. The fourth-order valence-electron chi connectivity index (χ4n) is 0.591. The smallest absolute Gasteiger partial charge is 0.258 e. The van der Waals surface area contributed by atoms with E-state index in [2.05, 4.69) is 9.72 Å². The van der Waals surface area contributed by atoms with E-state index in [1.165, 1.54) is 13.3 Å². The summed E-state index contributed by atoms with van der Waals surface area (Å²) >= 11 is 0. The minimum atomic E-state index is -0.834. The summed E-state index contributed by atoms with van der Waals surface area (Å²) < 4.78 is 16.9. The van der Waals surface area contributed by atoms with Gasteiger partial charge in [0.05, 0.1) is 7.11 Å². The van der Waals surface area contributed by atoms with Crippen molar-refractivity contribution in [3.8, 4) is 5.75 Å². The number of rotatable bonds is 1. The maximum atomic E-state index is 12.3. The van der Waals surface area contributed by atoms with Gasteiger partial charge in [-0.3, -0.25) is 4.79 Å². The Labute approximate surface area is 56.5 Å². The minimum absolute atomic E-state index is 0.0139. The first-order chi connectivity index (χ1) is 4.75. The van der Waals surface area contributed by atoms with Crippen molar-refractivity contribution in [3.05, 3.63) is 28.4 Å². The molecule has 0 unspecified atom stereocenters. The van der Waals surface area contributed by atoms with E-state index in [4.69, 9.17) is 0 Å². The van der Waals surface area contributed by atoms with E-state index in [1.54, 1.807) is 0 Å². The number of halogens is 1. The normalized spacial score (nSPS) is 9.40. The average molecular weight is 143 g/mol. The van der Waals surface area contributed by atoms with Crippen LogP contribution in [0.3, 0.4) is 0 Å². The maximum absolute atomic E-state index is 12.3. The highest BCUT2D eigenvalue weighted by Crippen LogP contribution is 1.98. The largest absolute Gasteiger partial charge is 0.491 e. The molecule has 1 rings (SSSR count). The fourth-order valence-corrected chi connectivity index (χ4v) is 0.591. The standard InChI is InChI=1S/C6H6FNO2/c1-10-5-3-8-2-4(7)6(5)9/h2-3H,1H3,(H,8,9). The summed E-state index contributed by atoms with van der Waals surface area (Å²) in [7, 11) is 1.31. The first kappa shape index (κ1) is 6.80. The predicted octanol–water partition coefficient (Wildman–Crippen LogP) is 0.523. The maximum Gasteiger partial charge on any atom is 0.258 e. The lowest BCUT2D eigenvalue weighted by Gasteiger charge is -1.95. The minimum Gasteiger partial charge on any atom is -0.491 e. The lowest BCUT2D eigenvalue weighted by molar-refractivity contribution is 0.403. The van der Waals surface area contributed by atoms with Crippen molar-refractivity contribution in [3.63, 3.8) is 0 Å². The van der Waals surface area contributed by atoms with Gasteiger partial charge in [-0.15, -0.1) is 0 Å². The molecule has 4 heteroatoms. The van der Waals surface area contributed by atoms with Gasteiger partial charge in [0.2, 0.25) is 0 Å². The third-order valence-corrected chi connectivity index (χ3v) is 1.09. The highest BCUT2D eigenvalue weighted by Gasteiger charge is 2.02. The van der Waals surface area contributed by atoms with E-state index >= 15 is 0 Å². The molecule has 0 saturated carbocycles. The van der Waals surface area contributed by atoms with Gasteiger partial charge in [0.1, 0.15) is 0 Å². The Morgan fingerprint density at radius 3 is 2.80 bits per heavy atom. The summed E-state index contributed by atoms with van der Waals surface area (Å²) in [5.74, 6) is -0.848. The van der Waals surface area contributed by atoms with E-state index in [1.807, 2.05) is 0 Å². The highest BCUT2D eigenvalue weighted by atomic mass is 19.1. The van der Waals surface area contributed by atoms with Crippen LogP contribution in [0.1, 0.15) is 0 Å². The van der Waals surface area contributed by atoms with Crippen LogP contribution in [-0.4, -0.2) is 12.1 Å². The van der Waals surface area contributed by atoms with Crippen LogP contribution in [-0.2, 0) is 0 Å². The summed E-state index contributed by atoms with van der Waals surface area (Å²) in [5.41, 5.74) is -0.721. The molecule has 3 nitrogen and oxygen atoms in total. The third-order valence-electron chi connectivity index (χ3n) is 1.09. The molecule has 0 aliphatic rings. The number of H-pyrrole nitrogens is 1. The number of aromatic nitrogens is 1. The lowest BCUT2D eigenvalue weighted by atomic mass is 10.4. The van der Waals surface area contributed by atoms with Crippen molar-refractivity contribution in [2.24, 2.45) is 0 Å². The number of pyridine rings is 1. The number of ether oxygens (including phenoxy) is 1. The van der Waals surface area contributed by atoms with Crippen LogP contribution in [0.5, 0.6) is 5.75 Å². The molecule has 0 amide bonds. The summed E-state index contributed by atoms with van der Waals surface area (Å²) in [6.45, 7) is 0. The predicted molar refractivity (Wildman–Crippen MR) is 33.6 cm³/mol. The Morgan fingerprint density at radius 1 is 1.60 bits per heavy atom. The number of aromatic amines is 1. The Bertz CT molecular complexity index is 281. The molecule has 1 aromatic heterocycles. The van der Waals surface area contributed by atoms with Gasteiger partial charge >= 0.3 is 0 Å². The van der Waals surface area contributed by atoms with Crippen molar-refractivity contribution in [1.82, 2.24) is 4.98 Å². The van der Waals surface area contributed by atoms with E-state index in [0.717, 1.165) is 6.20 Å². The summed E-state index contributed by atoms with van der Waals surface area (Å²) in [4.78, 5) is 13.1. The van der Waals surface area contributed by atoms with Gasteiger partial charge in [0.25, 0.3) is 5.43 Å². The van der Waals surface area contributed by atoms with Crippen molar-refractivity contribution >= 4 is 0 Å². The number of hydrogen-bond acceptors (Lipinski definition) is 2. The van der Waals surface area contributed by atoms with Crippen LogP contribution in [0.2, 0.25) is 0 Å². The second kappa shape index (κ2) is 2.51. The average Bonchev–Trinajstić information content (AvgIpc) is 1.95. The molecule has 0 saturated heterocycles. The van der Waals surface area contributed by atoms with Crippen molar-refractivity contribution in [1.29, 1.82) is 0 Å². The Balaban J connectivity index is 3.28. The van der Waals surface area contributed by atoms with Crippen molar-refractivity contribution in [2.75, 3.05) is 7.11 Å². The van der Waals surface area contributed by atoms with E-state index in [9.17, 15) is 9.18 Å². The highest BCUT2D eigenvalue weighted by molar-refractivity contribution is 5.16. The van der Waals surface area contributed by atoms with Crippen LogP contribution in [0, 0.1) is 5.82 Å². The molecule has 0 spiro atoms. The summed E-state index contributed by atoms with van der Waals surface area (Å²) in [6.07, 6.45) is 2.27. The molecule has 0 atom stereocenters. The van der Waals surface area contributed by atoms with E-state index in [-0.39, 0.29) is 5.75 Å². The molecule has 1 heterocycles. The van der Waals surface area contributed by atoms with Crippen molar-refractivity contribution in [2.45, 2.75) is 0 Å². The molecule has 0 aliphatic heterocycles. The van der Waals surface area contributed by atoms with Gasteiger partial charge in [-0.05, 0) is 0 Å². The molecule has 54 valence electrons. The summed E-state index contributed by atoms with van der Waals surface area (Å²) in [5, 5.41) is 0. The van der Waals surface area contributed by atoms with Gasteiger partial charge in [-0.25, -0.2) is 4.39 Å². The van der Waals surface area contributed by atoms with Crippen LogP contribution in [0.4, 0.5) is 4.39 Å². The number of nitrogens with one attached hydrogen (secondary N) is 1. The zero-order valence-electron chi connectivity index (χ0n) is 5.35. The molecule has 0 aromatic carbocycles. The molecule has 0 bridgehead atoms. The number of methoxy groups -OCH3 is 1. The van der Waals surface area contributed by atoms with E-state index < -0.39 is 11.2 Å². The topological polar surface area (TPSA) is 42.1 Å². The molecule has 10 heavy (non-hydrogen) atoms. The van der Waals surface area contributed by atoms with Crippen LogP contribution in [0.15, 0.2) is 17.2 Å². The van der Waals surface area contributed by atoms with Crippen LogP contribution >= 0.6 is 0 Å². The monoisotopic (exact) mass is 143 g/mol. The first-order valence-corrected chi connectivity index (χ1v) is 2.66. The second-order valence-corrected chi connectivity index (χ2v) is 1.70. The van der Waals surface area contributed by atoms with Gasteiger partial charge in [0, 0.05) is 12.4 Å². The van der Waals surface area contributed by atoms with Crippen molar-refractivity contribution < 1.29 is 9.13 Å². The fraction of sp³-hybridized carbons (Fsp3) is 0.167. The quantitative estimate of drug-likeness (QED) is 0.622. The van der Waals surface area contributed by atoms with Crippen LogP contribution < -0.4 is 10.2 Å². The molecule has 0 aliphatic carbocycles. The molecule has 0 fully saturated rings. The molecular formula is C6H6FNO2. The number of hydrogen-bond donors (Lipinski definition) is 1. The molecule has 1 N–H and O–H groups in total. The van der Waals surface area contributed by atoms with Gasteiger partial charge < -0.3 is 9.72 Å². The van der Waals surface area contributed by atoms with E-state index in [0.29, 0.717) is 0 Å². The zero-order chi connectivity index (χ0) is 7.56. The van der Waals surface area contributed by atoms with Crippen LogP contribution in [0.25, 0.3) is 0 Å². The van der Waals surface area contributed by atoms with Gasteiger partial charge in [-0.1, -0.05) is 0 Å². The first-order valence-electron chi connectivity index (χ1n) is 2.66. The zero-order valence-corrected chi connectivity index (χ0v) is 5.35. The van der Waals surface area contributed by atoms with Gasteiger partial charge in [0.15, 0.2) is 11.6 Å². The van der Waals surface area contributed by atoms with Gasteiger partial charge in [-0.2, -0.15) is 0 Å². The molecule has 1 aromatic rings. The molecule has 0 radical (unpaired) electrons. The summed E-state index contributed by atoms with van der Waals surface area (Å²) in [6, 6.07) is 0. The SMILES string of the molecule is COc1c[nH]cc(F)c1=O. The Morgan fingerprint density at radius 2 is 2.30 bits per heavy atom. The Kier molecular flexibility index (Phi) is 1.71. The Hall–Kier alpha value is -1.32. The lowest BCUT2D eigenvalue weighted by Crippen LogP contribution is -2.09. The molecular weight excluding hydrogens is 137 g/mol. The second-order valence-electron chi connectivity index (χ2n) is 1.70.